The Labute approximate surface area is 196 Å². The molecular weight excluding hydrogens is 433 g/mol. The zero-order chi connectivity index (χ0) is 23.7. The van der Waals surface area contributed by atoms with Gasteiger partial charge in [-0.05, 0) is 56.5 Å². The van der Waals surface area contributed by atoms with E-state index in [9.17, 15) is 9.18 Å². The van der Waals surface area contributed by atoms with E-state index in [0.29, 0.717) is 34.2 Å². The first-order chi connectivity index (χ1) is 16.5. The summed E-state index contributed by atoms with van der Waals surface area (Å²) in [6, 6.07) is 8.09. The Bertz CT molecular complexity index is 1330. The summed E-state index contributed by atoms with van der Waals surface area (Å²) >= 11 is 0. The topological polar surface area (TPSA) is 97.6 Å². The number of pyridine rings is 1. The monoisotopic (exact) mass is 459 g/mol. The van der Waals surface area contributed by atoms with Gasteiger partial charge in [0.25, 0.3) is 0 Å². The maximum absolute atomic E-state index is 14.6. The fraction of sp³-hybridized carbons (Fsp3) is 0.320. The van der Waals surface area contributed by atoms with Gasteiger partial charge < -0.3 is 10.6 Å². The summed E-state index contributed by atoms with van der Waals surface area (Å²) in [5.41, 5.74) is 4.11. The van der Waals surface area contributed by atoms with Gasteiger partial charge in [0.1, 0.15) is 17.2 Å². The van der Waals surface area contributed by atoms with Crippen LogP contribution in [0.3, 0.4) is 0 Å². The Kier molecular flexibility index (Phi) is 5.91. The van der Waals surface area contributed by atoms with E-state index < -0.39 is 6.04 Å². The second-order valence-electron chi connectivity index (χ2n) is 8.64. The normalized spacial score (nSPS) is 14.2. The fourth-order valence-electron chi connectivity index (χ4n) is 3.88. The fourth-order valence-corrected chi connectivity index (χ4v) is 3.88. The number of hydrogen-bond donors (Lipinski definition) is 2. The number of aromatic nitrogens is 5. The number of aryl methyl sites for hydroxylation is 1. The Morgan fingerprint density at radius 2 is 2.06 bits per heavy atom. The number of amides is 1. The molecule has 0 spiro atoms. The number of carbonyl (C=O) groups is 1. The van der Waals surface area contributed by atoms with Crippen molar-refractivity contribution in [1.82, 2.24) is 24.7 Å². The van der Waals surface area contributed by atoms with Gasteiger partial charge in [0.15, 0.2) is 0 Å². The SMILES string of the molecule is CCn1cc2ncc(N[C@@H](C)c3cc(NC(=O)Cc4ccc(C5CC5)nc4)ccc3F)nc2n1. The number of hydrogen-bond acceptors (Lipinski definition) is 6. The minimum atomic E-state index is -0.406. The van der Waals surface area contributed by atoms with Crippen molar-refractivity contribution in [3.63, 3.8) is 0 Å². The lowest BCUT2D eigenvalue weighted by molar-refractivity contribution is -0.115. The van der Waals surface area contributed by atoms with Crippen molar-refractivity contribution in [1.29, 1.82) is 0 Å². The lowest BCUT2D eigenvalue weighted by Gasteiger charge is -2.17. The second-order valence-corrected chi connectivity index (χ2v) is 8.64. The molecule has 1 fully saturated rings. The number of halogens is 1. The zero-order valence-corrected chi connectivity index (χ0v) is 19.1. The van der Waals surface area contributed by atoms with Gasteiger partial charge in [-0.1, -0.05) is 6.07 Å². The van der Waals surface area contributed by atoms with Crippen LogP contribution in [0.5, 0.6) is 0 Å². The van der Waals surface area contributed by atoms with Crippen molar-refractivity contribution in [2.75, 3.05) is 10.6 Å². The van der Waals surface area contributed by atoms with Gasteiger partial charge in [0.2, 0.25) is 11.6 Å². The highest BCUT2D eigenvalue weighted by molar-refractivity contribution is 5.92. The Morgan fingerprint density at radius 3 is 2.79 bits per heavy atom. The van der Waals surface area contributed by atoms with Crippen molar-refractivity contribution in [3.05, 3.63) is 71.6 Å². The van der Waals surface area contributed by atoms with Crippen LogP contribution in [-0.4, -0.2) is 30.6 Å². The molecule has 1 aromatic carbocycles. The molecule has 34 heavy (non-hydrogen) atoms. The third-order valence-corrected chi connectivity index (χ3v) is 5.92. The molecule has 1 amide bonds. The minimum Gasteiger partial charge on any atom is -0.362 e. The standard InChI is InChI=1S/C25H26FN7O/c1-3-33-14-22-25(32-33)31-23(13-28-22)29-15(2)19-11-18(7-8-20(19)26)30-24(34)10-16-4-9-21(27-12-16)17-5-6-17/h4,7-9,11-15,17H,3,5-6,10H2,1-2H3,(H,30,34)(H,29,31,32)/t15-/m0/s1. The summed E-state index contributed by atoms with van der Waals surface area (Å²) in [6.45, 7) is 4.54. The largest absolute Gasteiger partial charge is 0.362 e. The number of anilines is 2. The molecule has 2 N–H and O–H groups in total. The van der Waals surface area contributed by atoms with Crippen molar-refractivity contribution >= 4 is 28.6 Å². The van der Waals surface area contributed by atoms with Crippen LogP contribution in [0.4, 0.5) is 15.9 Å². The van der Waals surface area contributed by atoms with Gasteiger partial charge in [-0.25, -0.2) is 14.4 Å². The number of fused-ring (bicyclic) bond motifs is 1. The van der Waals surface area contributed by atoms with Crippen LogP contribution in [0.15, 0.2) is 48.9 Å². The number of rotatable bonds is 8. The van der Waals surface area contributed by atoms with E-state index in [4.69, 9.17) is 0 Å². The van der Waals surface area contributed by atoms with Crippen molar-refractivity contribution in [2.24, 2.45) is 0 Å². The first-order valence-corrected chi connectivity index (χ1v) is 11.5. The summed E-state index contributed by atoms with van der Waals surface area (Å²) in [5.74, 6) is 0.527. The van der Waals surface area contributed by atoms with E-state index in [-0.39, 0.29) is 18.1 Å². The molecule has 8 nitrogen and oxygen atoms in total. The van der Waals surface area contributed by atoms with E-state index in [1.54, 1.807) is 29.2 Å². The summed E-state index contributed by atoms with van der Waals surface area (Å²) in [4.78, 5) is 25.8. The van der Waals surface area contributed by atoms with Crippen molar-refractivity contribution < 1.29 is 9.18 Å². The lowest BCUT2D eigenvalue weighted by Crippen LogP contribution is -2.16. The molecule has 174 valence electrons. The Hall–Kier alpha value is -3.88. The Morgan fingerprint density at radius 1 is 1.21 bits per heavy atom. The van der Waals surface area contributed by atoms with E-state index in [2.05, 4.69) is 30.7 Å². The predicted octanol–water partition coefficient (Wildman–Crippen LogP) is 4.61. The molecular formula is C25H26FN7O. The minimum absolute atomic E-state index is 0.179. The highest BCUT2D eigenvalue weighted by Gasteiger charge is 2.24. The first-order valence-electron chi connectivity index (χ1n) is 11.5. The van der Waals surface area contributed by atoms with Gasteiger partial charge in [0, 0.05) is 35.6 Å². The smallest absolute Gasteiger partial charge is 0.228 e. The number of benzene rings is 1. The number of nitrogens with zero attached hydrogens (tertiary/aromatic N) is 5. The van der Waals surface area contributed by atoms with Gasteiger partial charge in [-0.2, -0.15) is 5.10 Å². The zero-order valence-electron chi connectivity index (χ0n) is 19.1. The van der Waals surface area contributed by atoms with E-state index in [1.807, 2.05) is 32.2 Å². The highest BCUT2D eigenvalue weighted by atomic mass is 19.1. The lowest BCUT2D eigenvalue weighted by atomic mass is 10.1. The molecule has 3 aromatic heterocycles. The molecule has 0 radical (unpaired) electrons. The molecule has 1 atom stereocenters. The average Bonchev–Trinajstić information content (AvgIpc) is 3.59. The molecule has 0 aliphatic heterocycles. The van der Waals surface area contributed by atoms with Gasteiger partial charge >= 0.3 is 0 Å². The number of nitrogens with one attached hydrogen (secondary N) is 2. The quantitative estimate of drug-likeness (QED) is 0.399. The second kappa shape index (κ2) is 9.17. The molecule has 3 heterocycles. The van der Waals surface area contributed by atoms with Gasteiger partial charge in [-0.15, -0.1) is 0 Å². The molecule has 1 aliphatic rings. The van der Waals surface area contributed by atoms with Crippen molar-refractivity contribution in [3.8, 4) is 0 Å². The molecule has 4 aromatic rings. The third kappa shape index (κ3) is 4.88. The van der Waals surface area contributed by atoms with Crippen LogP contribution in [0, 0.1) is 5.82 Å². The van der Waals surface area contributed by atoms with E-state index >= 15 is 0 Å². The average molecular weight is 460 g/mol. The summed E-state index contributed by atoms with van der Waals surface area (Å²) in [5, 5.41) is 10.4. The molecule has 1 saturated carbocycles. The molecule has 5 rings (SSSR count). The van der Waals surface area contributed by atoms with Crippen LogP contribution >= 0.6 is 0 Å². The van der Waals surface area contributed by atoms with Gasteiger partial charge in [-0.3, -0.25) is 14.5 Å². The first kappa shape index (κ1) is 21.9. The van der Waals surface area contributed by atoms with Crippen LogP contribution < -0.4 is 10.6 Å². The highest BCUT2D eigenvalue weighted by Crippen LogP contribution is 2.38. The van der Waals surface area contributed by atoms with Crippen LogP contribution in [0.1, 0.15) is 55.5 Å². The van der Waals surface area contributed by atoms with Crippen molar-refractivity contribution in [2.45, 2.75) is 51.6 Å². The molecule has 9 heteroatoms. The summed E-state index contributed by atoms with van der Waals surface area (Å²) in [7, 11) is 0. The molecule has 0 saturated heterocycles. The number of carbonyl (C=O) groups excluding carboxylic acids is 1. The maximum Gasteiger partial charge on any atom is 0.228 e. The van der Waals surface area contributed by atoms with Gasteiger partial charge in [0.05, 0.1) is 24.9 Å². The Balaban J connectivity index is 1.25. The summed E-state index contributed by atoms with van der Waals surface area (Å²) < 4.78 is 16.4. The van der Waals surface area contributed by atoms with Crippen LogP contribution in [-0.2, 0) is 17.8 Å². The molecule has 1 aliphatic carbocycles. The van der Waals surface area contributed by atoms with E-state index in [0.717, 1.165) is 17.8 Å². The third-order valence-electron chi connectivity index (χ3n) is 5.92. The van der Waals surface area contributed by atoms with E-state index in [1.165, 1.54) is 18.9 Å². The predicted molar refractivity (Wildman–Crippen MR) is 128 cm³/mol. The molecule has 0 bridgehead atoms. The molecule has 0 unspecified atom stereocenters. The van der Waals surface area contributed by atoms with Crippen LogP contribution in [0.25, 0.3) is 11.2 Å². The maximum atomic E-state index is 14.6. The van der Waals surface area contributed by atoms with Crippen LogP contribution in [0.2, 0.25) is 0 Å². The summed E-state index contributed by atoms with van der Waals surface area (Å²) in [6.07, 6.45) is 7.79.